The molecule has 9 heteroatoms. The van der Waals surface area contributed by atoms with Crippen molar-refractivity contribution in [1.82, 2.24) is 5.32 Å². The van der Waals surface area contributed by atoms with Crippen LogP contribution in [0.3, 0.4) is 0 Å². The maximum absolute atomic E-state index is 12.2. The predicted molar refractivity (Wildman–Crippen MR) is 134 cm³/mol. The molecule has 36 heavy (non-hydrogen) atoms. The number of aliphatic hydroxyl groups is 2. The molecule has 0 saturated carbocycles. The Bertz CT molecular complexity index is 823. The van der Waals surface area contributed by atoms with Crippen molar-refractivity contribution in [2.45, 2.75) is 89.9 Å². The number of hydrogen-bond donors (Lipinski definition) is 3. The second-order valence-electron chi connectivity index (χ2n) is 9.75. The van der Waals surface area contributed by atoms with Gasteiger partial charge in [-0.1, -0.05) is 30.7 Å². The van der Waals surface area contributed by atoms with Gasteiger partial charge in [0.25, 0.3) is 0 Å². The lowest BCUT2D eigenvalue weighted by molar-refractivity contribution is -0.140. The molecular formula is C27H41NO8. The lowest BCUT2D eigenvalue weighted by Gasteiger charge is -2.39. The molecule has 1 amide bonds. The van der Waals surface area contributed by atoms with Crippen molar-refractivity contribution in [2.75, 3.05) is 13.2 Å². The Kier molecular flexibility index (Phi) is 12.5. The zero-order valence-corrected chi connectivity index (χ0v) is 21.7. The molecule has 0 radical (unpaired) electrons. The van der Waals surface area contributed by atoms with Gasteiger partial charge in [-0.2, -0.15) is 0 Å². The molecule has 0 aliphatic carbocycles. The highest BCUT2D eigenvalue weighted by atomic mass is 16.5. The van der Waals surface area contributed by atoms with Crippen LogP contribution in [0, 0.1) is 11.8 Å². The molecule has 0 aromatic heterocycles. The van der Waals surface area contributed by atoms with Gasteiger partial charge in [0, 0.05) is 31.9 Å². The summed E-state index contributed by atoms with van der Waals surface area (Å²) in [4.78, 5) is 33.8. The molecule has 2 unspecified atom stereocenters. The first-order valence-corrected chi connectivity index (χ1v) is 12.6. The van der Waals surface area contributed by atoms with Gasteiger partial charge in [0.15, 0.2) is 0 Å². The fourth-order valence-electron chi connectivity index (χ4n) is 4.59. The van der Waals surface area contributed by atoms with E-state index >= 15 is 0 Å². The van der Waals surface area contributed by atoms with Crippen molar-refractivity contribution in [1.29, 1.82) is 0 Å². The number of esters is 1. The summed E-state index contributed by atoms with van der Waals surface area (Å²) in [6, 6.07) is -0.115. The molecule has 9 nitrogen and oxygen atoms in total. The van der Waals surface area contributed by atoms with Crippen molar-refractivity contribution >= 4 is 18.2 Å². The molecule has 0 aromatic carbocycles. The topological polar surface area (TPSA) is 131 Å². The third-order valence-corrected chi connectivity index (χ3v) is 6.75. The van der Waals surface area contributed by atoms with Crippen molar-refractivity contribution in [3.63, 3.8) is 0 Å². The molecule has 2 aliphatic rings. The third kappa shape index (κ3) is 9.61. The zero-order valence-electron chi connectivity index (χ0n) is 21.7. The summed E-state index contributed by atoms with van der Waals surface area (Å²) in [5.74, 6) is -0.742. The van der Waals surface area contributed by atoms with E-state index in [4.69, 9.17) is 14.2 Å². The lowest BCUT2D eigenvalue weighted by Crippen LogP contribution is -2.50. The normalized spacial score (nSPS) is 33.6. The number of nitrogens with one attached hydrogen (secondary N) is 1. The second-order valence-corrected chi connectivity index (χ2v) is 9.75. The monoisotopic (exact) mass is 507 g/mol. The largest absolute Gasteiger partial charge is 0.462 e. The molecule has 202 valence electrons. The second kappa shape index (κ2) is 15.0. The maximum atomic E-state index is 12.2. The molecule has 0 spiro atoms. The van der Waals surface area contributed by atoms with E-state index < -0.39 is 18.2 Å². The number of hydrogen-bond acceptors (Lipinski definition) is 8. The third-order valence-electron chi connectivity index (χ3n) is 6.75. The highest BCUT2D eigenvalue weighted by Crippen LogP contribution is 2.29. The van der Waals surface area contributed by atoms with Gasteiger partial charge in [0.1, 0.15) is 19.0 Å². The number of amides is 1. The molecule has 3 N–H and O–H groups in total. The fourth-order valence-corrected chi connectivity index (χ4v) is 4.59. The van der Waals surface area contributed by atoms with Crippen molar-refractivity contribution < 1.29 is 38.8 Å². The van der Waals surface area contributed by atoms with Crippen LogP contribution >= 0.6 is 0 Å². The minimum atomic E-state index is -0.826. The fraction of sp³-hybridized carbons (Fsp3) is 0.667. The first-order valence-electron chi connectivity index (χ1n) is 12.6. The van der Waals surface area contributed by atoms with E-state index in [1.54, 1.807) is 6.08 Å². The molecule has 2 aliphatic heterocycles. The predicted octanol–water partition coefficient (Wildman–Crippen LogP) is 2.01. The van der Waals surface area contributed by atoms with Crippen LogP contribution in [0.25, 0.3) is 0 Å². The molecule has 2 fully saturated rings. The Hall–Kier alpha value is -2.33. The number of carbonyl (C=O) groups excluding carboxylic acids is 3. The molecule has 2 heterocycles. The molecular weight excluding hydrogens is 466 g/mol. The van der Waals surface area contributed by atoms with Crippen molar-refractivity contribution in [2.24, 2.45) is 11.8 Å². The molecule has 0 aromatic rings. The Morgan fingerprint density at radius 1 is 1.11 bits per heavy atom. The first kappa shape index (κ1) is 29.9. The van der Waals surface area contributed by atoms with Crippen molar-refractivity contribution in [3.8, 4) is 0 Å². The average Bonchev–Trinajstić information content (AvgIpc) is 2.83. The summed E-state index contributed by atoms with van der Waals surface area (Å²) in [5, 5.41) is 23.0. The molecule has 0 bridgehead atoms. The average molecular weight is 508 g/mol. The number of rotatable bonds is 11. The van der Waals surface area contributed by atoms with Gasteiger partial charge in [-0.15, -0.1) is 0 Å². The summed E-state index contributed by atoms with van der Waals surface area (Å²) < 4.78 is 16.8. The Morgan fingerprint density at radius 3 is 2.53 bits per heavy atom. The van der Waals surface area contributed by atoms with E-state index in [0.29, 0.717) is 12.8 Å². The number of allylic oxidation sites excluding steroid dienone is 2. The van der Waals surface area contributed by atoms with E-state index in [0.717, 1.165) is 18.3 Å². The Labute approximate surface area is 213 Å². The summed E-state index contributed by atoms with van der Waals surface area (Å²) in [7, 11) is 0. The van der Waals surface area contributed by atoms with Gasteiger partial charge >= 0.3 is 5.97 Å². The van der Waals surface area contributed by atoms with E-state index in [1.807, 2.05) is 19.9 Å². The summed E-state index contributed by atoms with van der Waals surface area (Å²) >= 11 is 0. The summed E-state index contributed by atoms with van der Waals surface area (Å²) in [6.45, 7) is 7.22. The first-order chi connectivity index (χ1) is 17.1. The zero-order chi connectivity index (χ0) is 26.7. The SMILES string of the molecule is CC(=O)OC/C=C\C(=O)N[C@@H]1C[C@H](C)[C@H](C/C=C(C)/C=C/C2O[C@H](CC=O)CC(CO)[C@@H]2O)O[C@@H]1C. The van der Waals surface area contributed by atoms with Gasteiger partial charge in [-0.25, -0.2) is 0 Å². The smallest absolute Gasteiger partial charge is 0.302 e. The van der Waals surface area contributed by atoms with Crippen LogP contribution < -0.4 is 5.32 Å². The summed E-state index contributed by atoms with van der Waals surface area (Å²) in [5.41, 5.74) is 0.987. The van der Waals surface area contributed by atoms with Crippen LogP contribution in [0.4, 0.5) is 0 Å². The van der Waals surface area contributed by atoms with Crippen LogP contribution in [0.2, 0.25) is 0 Å². The maximum Gasteiger partial charge on any atom is 0.302 e. The van der Waals surface area contributed by atoms with Gasteiger partial charge in [-0.05, 0) is 45.1 Å². The molecule has 2 rings (SSSR count). The van der Waals surface area contributed by atoms with Crippen molar-refractivity contribution in [3.05, 3.63) is 36.0 Å². The number of carbonyl (C=O) groups is 3. The molecule has 2 saturated heterocycles. The molecule has 8 atom stereocenters. The highest BCUT2D eigenvalue weighted by molar-refractivity contribution is 5.87. The van der Waals surface area contributed by atoms with Gasteiger partial charge in [0.2, 0.25) is 5.91 Å². The van der Waals surface area contributed by atoms with Gasteiger partial charge in [-0.3, -0.25) is 9.59 Å². The Balaban J connectivity index is 1.86. The number of ether oxygens (including phenoxy) is 3. The number of aldehydes is 1. The standard InChI is InChI=1S/C27H41NO8/c1-17(8-10-25-27(33)21(16-30)15-22(36-25)11-12-29)7-9-24-18(2)14-23(19(3)35-24)28-26(32)6-5-13-34-20(4)31/h5-8,10,12,18-19,21-25,27,30,33H,9,11,13-16H2,1-4H3,(H,28,32)/b6-5-,10-8+,17-7+/t18-,19+,21?,22+,23+,24-,25?,27-/m0/s1. The van der Waals surface area contributed by atoms with Gasteiger partial charge in [0.05, 0.1) is 30.5 Å². The summed E-state index contributed by atoms with van der Waals surface area (Å²) in [6.07, 6.45) is 9.71. The highest BCUT2D eigenvalue weighted by Gasteiger charge is 2.36. The van der Waals surface area contributed by atoms with Crippen LogP contribution in [0.5, 0.6) is 0 Å². The minimum Gasteiger partial charge on any atom is -0.462 e. The van der Waals surface area contributed by atoms with E-state index in [9.17, 15) is 24.6 Å². The van der Waals surface area contributed by atoms with Crippen LogP contribution in [-0.4, -0.2) is 78.2 Å². The Morgan fingerprint density at radius 2 is 1.86 bits per heavy atom. The number of aliphatic hydroxyl groups excluding tert-OH is 2. The van der Waals surface area contributed by atoms with E-state index in [-0.39, 0.29) is 61.7 Å². The quantitative estimate of drug-likeness (QED) is 0.168. The van der Waals surface area contributed by atoms with Crippen LogP contribution in [-0.2, 0) is 28.6 Å². The lowest BCUT2D eigenvalue weighted by atomic mass is 9.87. The van der Waals surface area contributed by atoms with E-state index in [2.05, 4.69) is 18.3 Å². The minimum absolute atomic E-state index is 0.00303. The van der Waals surface area contributed by atoms with E-state index in [1.165, 1.54) is 19.1 Å². The van der Waals surface area contributed by atoms with Gasteiger partial charge < -0.3 is 34.5 Å². The van der Waals surface area contributed by atoms with Crippen LogP contribution in [0.15, 0.2) is 36.0 Å². The van der Waals surface area contributed by atoms with Crippen LogP contribution in [0.1, 0.15) is 53.4 Å².